The van der Waals surface area contributed by atoms with Crippen molar-refractivity contribution in [3.05, 3.63) is 46.4 Å². The molecule has 1 aromatic heterocycles. The maximum absolute atomic E-state index is 13.3. The summed E-state index contributed by atoms with van der Waals surface area (Å²) in [6, 6.07) is 4.84. The molecule has 0 aliphatic rings. The molecule has 2 aromatic rings. The zero-order valence-electron chi connectivity index (χ0n) is 8.54. The first-order chi connectivity index (χ1) is 7.66. The highest BCUT2D eigenvalue weighted by molar-refractivity contribution is 9.10. The molecule has 82 valence electrons. The van der Waals surface area contributed by atoms with Crippen LogP contribution in [0, 0.1) is 12.7 Å². The molecule has 1 aromatic carbocycles. The normalized spacial score (nSPS) is 10.2. The van der Waals surface area contributed by atoms with Crippen molar-refractivity contribution in [3.8, 4) is 0 Å². The third-order valence-corrected chi connectivity index (χ3v) is 2.54. The maximum Gasteiger partial charge on any atom is 0.227 e. The van der Waals surface area contributed by atoms with E-state index in [1.807, 2.05) is 0 Å². The van der Waals surface area contributed by atoms with E-state index < -0.39 is 0 Å². The van der Waals surface area contributed by atoms with Crippen LogP contribution < -0.4 is 5.32 Å². The Morgan fingerprint density at radius 1 is 1.25 bits per heavy atom. The summed E-state index contributed by atoms with van der Waals surface area (Å²) in [6.07, 6.45) is 3.26. The summed E-state index contributed by atoms with van der Waals surface area (Å²) in [5.41, 5.74) is 1.22. The van der Waals surface area contributed by atoms with Gasteiger partial charge in [0.05, 0.1) is 4.47 Å². The van der Waals surface area contributed by atoms with Crippen LogP contribution in [0.15, 0.2) is 35.1 Å². The molecule has 5 heteroatoms. The number of hydrogen-bond donors (Lipinski definition) is 1. The summed E-state index contributed by atoms with van der Waals surface area (Å²) >= 11 is 3.24. The van der Waals surface area contributed by atoms with E-state index in [0.717, 1.165) is 4.47 Å². The van der Waals surface area contributed by atoms with Crippen molar-refractivity contribution in [1.82, 2.24) is 9.97 Å². The van der Waals surface area contributed by atoms with Gasteiger partial charge in [-0.3, -0.25) is 0 Å². The molecule has 0 unspecified atom stereocenters. The Hall–Kier alpha value is -1.49. The zero-order chi connectivity index (χ0) is 11.5. The number of aromatic nitrogens is 2. The lowest BCUT2D eigenvalue weighted by Gasteiger charge is -2.07. The Morgan fingerprint density at radius 3 is 2.62 bits per heavy atom. The summed E-state index contributed by atoms with van der Waals surface area (Å²) < 4.78 is 14.1. The van der Waals surface area contributed by atoms with Crippen LogP contribution >= 0.6 is 15.9 Å². The van der Waals surface area contributed by atoms with Crippen molar-refractivity contribution in [2.24, 2.45) is 0 Å². The summed E-state index contributed by atoms with van der Waals surface area (Å²) in [6.45, 7) is 1.70. The van der Waals surface area contributed by atoms with Crippen LogP contribution in [0.5, 0.6) is 0 Å². The third-order valence-electron chi connectivity index (χ3n) is 2.13. The second-order valence-corrected chi connectivity index (χ2v) is 4.18. The summed E-state index contributed by atoms with van der Waals surface area (Å²) in [5, 5.41) is 2.96. The molecule has 0 spiro atoms. The molecule has 1 heterocycles. The number of anilines is 2. The van der Waals surface area contributed by atoms with Crippen molar-refractivity contribution >= 4 is 27.6 Å². The van der Waals surface area contributed by atoms with Gasteiger partial charge in [0.1, 0.15) is 5.82 Å². The molecule has 1 N–H and O–H groups in total. The molecular formula is C11H9BrFN3. The van der Waals surface area contributed by atoms with Gasteiger partial charge in [0.2, 0.25) is 5.95 Å². The van der Waals surface area contributed by atoms with Crippen molar-refractivity contribution in [1.29, 1.82) is 0 Å². The van der Waals surface area contributed by atoms with E-state index in [9.17, 15) is 4.39 Å². The minimum atomic E-state index is -0.248. The Labute approximate surface area is 101 Å². The molecule has 0 atom stereocenters. The average Bonchev–Trinajstić information content (AvgIpc) is 2.28. The molecular weight excluding hydrogens is 273 g/mol. The van der Waals surface area contributed by atoms with E-state index >= 15 is 0 Å². The Balaban J connectivity index is 2.27. The molecule has 0 amide bonds. The Bertz CT molecular complexity index is 499. The third kappa shape index (κ3) is 2.36. The quantitative estimate of drug-likeness (QED) is 0.917. The molecule has 0 radical (unpaired) electrons. The highest BCUT2D eigenvalue weighted by Crippen LogP contribution is 2.20. The lowest BCUT2D eigenvalue weighted by Crippen LogP contribution is -1.99. The molecule has 2 rings (SSSR count). The average molecular weight is 282 g/mol. The van der Waals surface area contributed by atoms with Crippen LogP contribution in [0.4, 0.5) is 16.0 Å². The fraction of sp³-hybridized carbons (Fsp3) is 0.0909. The molecule has 0 aliphatic carbocycles. The van der Waals surface area contributed by atoms with Crippen LogP contribution in [0.3, 0.4) is 0 Å². The van der Waals surface area contributed by atoms with Crippen molar-refractivity contribution in [3.63, 3.8) is 0 Å². The Morgan fingerprint density at radius 2 is 1.94 bits per heavy atom. The number of rotatable bonds is 2. The first-order valence-electron chi connectivity index (χ1n) is 4.66. The predicted octanol–water partition coefficient (Wildman–Crippen LogP) is 3.43. The van der Waals surface area contributed by atoms with Crippen LogP contribution in [0.25, 0.3) is 0 Å². The van der Waals surface area contributed by atoms with Gasteiger partial charge >= 0.3 is 0 Å². The SMILES string of the molecule is Cc1c(F)cccc1Nc1ncc(Br)cn1. The molecule has 0 saturated carbocycles. The van der Waals surface area contributed by atoms with E-state index in [0.29, 0.717) is 17.2 Å². The van der Waals surface area contributed by atoms with E-state index in [1.165, 1.54) is 6.07 Å². The second kappa shape index (κ2) is 4.57. The van der Waals surface area contributed by atoms with Gasteiger partial charge < -0.3 is 5.32 Å². The monoisotopic (exact) mass is 281 g/mol. The van der Waals surface area contributed by atoms with Gasteiger partial charge in [-0.05, 0) is 35.0 Å². The Kier molecular flexibility index (Phi) is 3.14. The second-order valence-electron chi connectivity index (χ2n) is 3.26. The summed E-state index contributed by atoms with van der Waals surface area (Å²) in [5.74, 6) is 0.194. The fourth-order valence-electron chi connectivity index (χ4n) is 1.24. The zero-order valence-corrected chi connectivity index (χ0v) is 10.1. The van der Waals surface area contributed by atoms with E-state index in [2.05, 4.69) is 31.2 Å². The molecule has 0 bridgehead atoms. The summed E-state index contributed by atoms with van der Waals surface area (Å²) in [7, 11) is 0. The molecule has 3 nitrogen and oxygen atoms in total. The van der Waals surface area contributed by atoms with Crippen LogP contribution in [-0.2, 0) is 0 Å². The van der Waals surface area contributed by atoms with Crippen molar-refractivity contribution in [2.75, 3.05) is 5.32 Å². The standard InChI is InChI=1S/C11H9BrFN3/c1-7-9(13)3-2-4-10(7)16-11-14-5-8(12)6-15-11/h2-6H,1H3,(H,14,15,16). The van der Waals surface area contributed by atoms with Gasteiger partial charge in [0, 0.05) is 23.6 Å². The number of nitrogens with one attached hydrogen (secondary N) is 1. The smallest absolute Gasteiger partial charge is 0.227 e. The summed E-state index contributed by atoms with van der Waals surface area (Å²) in [4.78, 5) is 8.11. The van der Waals surface area contributed by atoms with Gasteiger partial charge in [-0.1, -0.05) is 6.07 Å². The van der Waals surface area contributed by atoms with E-state index in [1.54, 1.807) is 31.5 Å². The van der Waals surface area contributed by atoms with E-state index in [-0.39, 0.29) is 5.82 Å². The maximum atomic E-state index is 13.3. The topological polar surface area (TPSA) is 37.8 Å². The number of nitrogens with zero attached hydrogens (tertiary/aromatic N) is 2. The lowest BCUT2D eigenvalue weighted by molar-refractivity contribution is 0.619. The van der Waals surface area contributed by atoms with Crippen LogP contribution in [-0.4, -0.2) is 9.97 Å². The van der Waals surface area contributed by atoms with E-state index in [4.69, 9.17) is 0 Å². The van der Waals surface area contributed by atoms with Gasteiger partial charge in [0.25, 0.3) is 0 Å². The molecule has 0 fully saturated rings. The van der Waals surface area contributed by atoms with Gasteiger partial charge in [-0.25, -0.2) is 14.4 Å². The number of hydrogen-bond acceptors (Lipinski definition) is 3. The molecule has 0 saturated heterocycles. The first-order valence-corrected chi connectivity index (χ1v) is 5.46. The van der Waals surface area contributed by atoms with Crippen molar-refractivity contribution < 1.29 is 4.39 Å². The van der Waals surface area contributed by atoms with Gasteiger partial charge in [-0.15, -0.1) is 0 Å². The lowest BCUT2D eigenvalue weighted by atomic mass is 10.2. The predicted molar refractivity (Wildman–Crippen MR) is 64.2 cm³/mol. The van der Waals surface area contributed by atoms with Gasteiger partial charge in [0.15, 0.2) is 0 Å². The fourth-order valence-corrected chi connectivity index (χ4v) is 1.44. The number of halogens is 2. The van der Waals surface area contributed by atoms with Gasteiger partial charge in [-0.2, -0.15) is 0 Å². The largest absolute Gasteiger partial charge is 0.324 e. The highest BCUT2D eigenvalue weighted by Gasteiger charge is 2.04. The molecule has 0 aliphatic heterocycles. The van der Waals surface area contributed by atoms with Crippen LogP contribution in [0.1, 0.15) is 5.56 Å². The minimum Gasteiger partial charge on any atom is -0.324 e. The number of benzene rings is 1. The minimum absolute atomic E-state index is 0.248. The highest BCUT2D eigenvalue weighted by atomic mass is 79.9. The van der Waals surface area contributed by atoms with Crippen LogP contribution in [0.2, 0.25) is 0 Å². The first kappa shape index (κ1) is 11.0. The molecule has 16 heavy (non-hydrogen) atoms. The van der Waals surface area contributed by atoms with Crippen molar-refractivity contribution in [2.45, 2.75) is 6.92 Å².